The van der Waals surface area contributed by atoms with Crippen LogP contribution in [0.3, 0.4) is 0 Å². The molecular formula is C16H29N3S. The van der Waals surface area contributed by atoms with E-state index in [2.05, 4.69) is 31.1 Å². The van der Waals surface area contributed by atoms with Crippen LogP contribution in [-0.4, -0.2) is 25.1 Å². The molecular weight excluding hydrogens is 266 g/mol. The molecule has 0 radical (unpaired) electrons. The molecule has 114 valence electrons. The molecule has 1 aromatic rings. The second kappa shape index (κ2) is 7.99. The van der Waals surface area contributed by atoms with Crippen LogP contribution in [0.15, 0.2) is 0 Å². The minimum absolute atomic E-state index is 0.875. The molecule has 1 saturated carbocycles. The van der Waals surface area contributed by atoms with E-state index in [1.165, 1.54) is 60.8 Å². The predicted octanol–water partition coefficient (Wildman–Crippen LogP) is 3.97. The molecule has 1 heterocycles. The molecule has 20 heavy (non-hydrogen) atoms. The molecule has 2 rings (SSSR count). The highest BCUT2D eigenvalue weighted by molar-refractivity contribution is 7.15. The zero-order chi connectivity index (χ0) is 14.4. The lowest BCUT2D eigenvalue weighted by atomic mass is 9.89. The van der Waals surface area contributed by atoms with Gasteiger partial charge in [0.1, 0.15) is 0 Å². The van der Waals surface area contributed by atoms with Crippen molar-refractivity contribution in [1.29, 1.82) is 0 Å². The van der Waals surface area contributed by atoms with Crippen LogP contribution in [0.25, 0.3) is 0 Å². The second-order valence-electron chi connectivity index (χ2n) is 6.07. The SMILES string of the molecule is CCCNCc1sc(N(C)CC2CCCCC2)nc1C. The molecule has 1 N–H and O–H groups in total. The van der Waals surface area contributed by atoms with Crippen molar-refractivity contribution < 1.29 is 0 Å². The molecule has 3 nitrogen and oxygen atoms in total. The van der Waals surface area contributed by atoms with Gasteiger partial charge in [-0.15, -0.1) is 11.3 Å². The number of hydrogen-bond acceptors (Lipinski definition) is 4. The van der Waals surface area contributed by atoms with Crippen LogP contribution in [0.4, 0.5) is 5.13 Å². The summed E-state index contributed by atoms with van der Waals surface area (Å²) in [6, 6.07) is 0. The lowest BCUT2D eigenvalue weighted by Gasteiger charge is -2.26. The van der Waals surface area contributed by atoms with Crippen molar-refractivity contribution in [2.75, 3.05) is 25.0 Å². The summed E-state index contributed by atoms with van der Waals surface area (Å²) >= 11 is 1.86. The molecule has 0 saturated heterocycles. The minimum atomic E-state index is 0.875. The highest BCUT2D eigenvalue weighted by atomic mass is 32.1. The Labute approximate surface area is 127 Å². The van der Waals surface area contributed by atoms with E-state index in [1.807, 2.05) is 11.3 Å². The van der Waals surface area contributed by atoms with E-state index in [0.717, 1.165) is 19.0 Å². The summed E-state index contributed by atoms with van der Waals surface area (Å²) in [7, 11) is 2.20. The van der Waals surface area contributed by atoms with Crippen LogP contribution in [-0.2, 0) is 6.54 Å². The van der Waals surface area contributed by atoms with Gasteiger partial charge in [-0.25, -0.2) is 4.98 Å². The van der Waals surface area contributed by atoms with E-state index in [-0.39, 0.29) is 0 Å². The first-order valence-corrected chi connectivity index (χ1v) is 8.90. The van der Waals surface area contributed by atoms with E-state index in [9.17, 15) is 0 Å². The van der Waals surface area contributed by atoms with Crippen LogP contribution in [0.5, 0.6) is 0 Å². The Morgan fingerprint density at radius 1 is 1.30 bits per heavy atom. The summed E-state index contributed by atoms with van der Waals surface area (Å²) in [5.41, 5.74) is 1.20. The fourth-order valence-corrected chi connectivity index (χ4v) is 3.95. The van der Waals surface area contributed by atoms with Gasteiger partial charge in [-0.05, 0) is 38.6 Å². The maximum absolute atomic E-state index is 4.76. The standard InChI is InChI=1S/C16H29N3S/c1-4-10-17-11-15-13(2)18-16(20-15)19(3)12-14-8-6-5-7-9-14/h14,17H,4-12H2,1-3H3. The lowest BCUT2D eigenvalue weighted by molar-refractivity contribution is 0.362. The van der Waals surface area contributed by atoms with E-state index < -0.39 is 0 Å². The van der Waals surface area contributed by atoms with Gasteiger partial charge in [0.25, 0.3) is 0 Å². The Balaban J connectivity index is 1.88. The summed E-state index contributed by atoms with van der Waals surface area (Å²) in [4.78, 5) is 8.52. The topological polar surface area (TPSA) is 28.2 Å². The molecule has 1 fully saturated rings. The van der Waals surface area contributed by atoms with E-state index in [0.29, 0.717) is 0 Å². The number of aryl methyl sites for hydroxylation is 1. The van der Waals surface area contributed by atoms with Gasteiger partial charge in [-0.2, -0.15) is 0 Å². The van der Waals surface area contributed by atoms with Gasteiger partial charge in [0.15, 0.2) is 5.13 Å². The molecule has 4 heteroatoms. The van der Waals surface area contributed by atoms with Gasteiger partial charge in [0.2, 0.25) is 0 Å². The largest absolute Gasteiger partial charge is 0.351 e. The van der Waals surface area contributed by atoms with E-state index >= 15 is 0 Å². The first-order chi connectivity index (χ1) is 9.70. The molecule has 1 aromatic heterocycles. The molecule has 1 aliphatic carbocycles. The van der Waals surface area contributed by atoms with E-state index in [1.54, 1.807) is 0 Å². The third kappa shape index (κ3) is 4.45. The van der Waals surface area contributed by atoms with Crippen molar-refractivity contribution in [2.24, 2.45) is 5.92 Å². The van der Waals surface area contributed by atoms with Crippen LogP contribution in [0.1, 0.15) is 56.0 Å². The molecule has 0 atom stereocenters. The number of rotatable bonds is 7. The van der Waals surface area contributed by atoms with Gasteiger partial charge in [0.05, 0.1) is 5.69 Å². The summed E-state index contributed by atoms with van der Waals surface area (Å²) in [5.74, 6) is 0.875. The lowest BCUT2D eigenvalue weighted by Crippen LogP contribution is -2.26. The third-order valence-corrected chi connectivity index (χ3v) is 5.45. The number of nitrogens with zero attached hydrogens (tertiary/aromatic N) is 2. The van der Waals surface area contributed by atoms with Crippen molar-refractivity contribution in [2.45, 2.75) is 58.9 Å². The van der Waals surface area contributed by atoms with Crippen LogP contribution >= 0.6 is 11.3 Å². The third-order valence-electron chi connectivity index (χ3n) is 4.18. The van der Waals surface area contributed by atoms with Crippen molar-refractivity contribution in [1.82, 2.24) is 10.3 Å². The Morgan fingerprint density at radius 2 is 2.05 bits per heavy atom. The molecule has 1 aliphatic rings. The van der Waals surface area contributed by atoms with Gasteiger partial charge in [-0.3, -0.25) is 0 Å². The normalized spacial score (nSPS) is 16.6. The Hall–Kier alpha value is -0.610. The Bertz CT molecular complexity index is 396. The average Bonchev–Trinajstić information content (AvgIpc) is 2.82. The molecule has 0 bridgehead atoms. The average molecular weight is 295 g/mol. The van der Waals surface area contributed by atoms with Gasteiger partial charge >= 0.3 is 0 Å². The first-order valence-electron chi connectivity index (χ1n) is 8.09. The smallest absolute Gasteiger partial charge is 0.185 e. The summed E-state index contributed by atoms with van der Waals surface area (Å²) in [5, 5.41) is 4.67. The predicted molar refractivity (Wildman–Crippen MR) is 88.7 cm³/mol. The number of anilines is 1. The number of hydrogen-bond donors (Lipinski definition) is 1. The van der Waals surface area contributed by atoms with Gasteiger partial charge in [0, 0.05) is 25.0 Å². The molecule has 0 amide bonds. The summed E-state index contributed by atoms with van der Waals surface area (Å²) in [6.07, 6.45) is 8.26. The van der Waals surface area contributed by atoms with Crippen LogP contribution < -0.4 is 10.2 Å². The van der Waals surface area contributed by atoms with E-state index in [4.69, 9.17) is 4.98 Å². The Morgan fingerprint density at radius 3 is 2.75 bits per heavy atom. The van der Waals surface area contributed by atoms with Crippen LogP contribution in [0, 0.1) is 12.8 Å². The second-order valence-corrected chi connectivity index (χ2v) is 7.13. The quantitative estimate of drug-likeness (QED) is 0.772. The zero-order valence-corrected chi connectivity index (χ0v) is 14.1. The summed E-state index contributed by atoms with van der Waals surface area (Å²) < 4.78 is 0. The van der Waals surface area contributed by atoms with Gasteiger partial charge < -0.3 is 10.2 Å². The maximum atomic E-state index is 4.76. The number of thiazole rings is 1. The fraction of sp³-hybridized carbons (Fsp3) is 0.812. The molecule has 0 unspecified atom stereocenters. The van der Waals surface area contributed by atoms with Gasteiger partial charge in [-0.1, -0.05) is 26.2 Å². The zero-order valence-electron chi connectivity index (χ0n) is 13.2. The fourth-order valence-electron chi connectivity index (χ4n) is 2.95. The van der Waals surface area contributed by atoms with Crippen molar-refractivity contribution in [3.05, 3.63) is 10.6 Å². The minimum Gasteiger partial charge on any atom is -0.351 e. The Kier molecular flexibility index (Phi) is 6.30. The van der Waals surface area contributed by atoms with Crippen molar-refractivity contribution in [3.63, 3.8) is 0 Å². The summed E-state index contributed by atoms with van der Waals surface area (Å²) in [6.45, 7) is 7.57. The molecule has 0 aliphatic heterocycles. The van der Waals surface area contributed by atoms with Crippen LogP contribution in [0.2, 0.25) is 0 Å². The van der Waals surface area contributed by atoms with Crippen molar-refractivity contribution >= 4 is 16.5 Å². The monoisotopic (exact) mass is 295 g/mol. The highest BCUT2D eigenvalue weighted by Gasteiger charge is 2.18. The first kappa shape index (κ1) is 15.8. The highest BCUT2D eigenvalue weighted by Crippen LogP contribution is 2.29. The van der Waals surface area contributed by atoms with Crippen molar-refractivity contribution in [3.8, 4) is 0 Å². The number of aromatic nitrogens is 1. The number of nitrogens with one attached hydrogen (secondary N) is 1. The molecule has 0 aromatic carbocycles. The maximum Gasteiger partial charge on any atom is 0.185 e. The molecule has 0 spiro atoms.